The van der Waals surface area contributed by atoms with E-state index in [2.05, 4.69) is 6.92 Å². The molecule has 2 nitrogen and oxygen atoms in total. The summed E-state index contributed by atoms with van der Waals surface area (Å²) < 4.78 is 5.41. The summed E-state index contributed by atoms with van der Waals surface area (Å²) in [7, 11) is 0. The molecule has 1 heterocycles. The Morgan fingerprint density at radius 1 is 1.36 bits per heavy atom. The van der Waals surface area contributed by atoms with Gasteiger partial charge in [-0.1, -0.05) is 44.8 Å². The van der Waals surface area contributed by atoms with E-state index in [1.165, 1.54) is 25.7 Å². The smallest absolute Gasteiger partial charge is 0.114 e. The molecule has 0 bridgehead atoms. The van der Waals surface area contributed by atoms with E-state index in [1.54, 1.807) is 6.08 Å². The molecule has 0 spiro atoms. The molecule has 1 saturated heterocycles. The maximum absolute atomic E-state index is 9.55. The van der Waals surface area contributed by atoms with Crippen molar-refractivity contribution in [2.24, 2.45) is 0 Å². The molecular weight excluding hydrogens is 176 g/mol. The van der Waals surface area contributed by atoms with Gasteiger partial charge in [-0.3, -0.25) is 0 Å². The highest BCUT2D eigenvalue weighted by Gasteiger charge is 2.42. The molecule has 14 heavy (non-hydrogen) atoms. The largest absolute Gasteiger partial charge is 0.386 e. The van der Waals surface area contributed by atoms with Crippen molar-refractivity contribution in [1.82, 2.24) is 0 Å². The Labute approximate surface area is 87.0 Å². The zero-order valence-electron chi connectivity index (χ0n) is 9.28. The quantitative estimate of drug-likeness (QED) is 0.387. The Bertz CT molecular complexity index is 177. The third-order valence-corrected chi connectivity index (χ3v) is 2.69. The van der Waals surface area contributed by atoms with Crippen LogP contribution < -0.4 is 0 Å². The molecule has 0 saturated carbocycles. The Hall–Kier alpha value is -0.340. The first-order chi connectivity index (χ1) is 6.79. The van der Waals surface area contributed by atoms with Gasteiger partial charge in [-0.05, 0) is 13.3 Å². The molecule has 1 fully saturated rings. The standard InChI is InChI=1S/C12H22O2/c1-3-5-6-7-9-11-12(14-11)10(13)8-4-2/h4,8,10-13H,3,5-7,9H2,1-2H3/b8-4+/t10-,11+,12-/m1/s1. The van der Waals surface area contributed by atoms with Gasteiger partial charge in [0.15, 0.2) is 0 Å². The van der Waals surface area contributed by atoms with Gasteiger partial charge < -0.3 is 9.84 Å². The molecule has 0 radical (unpaired) electrons. The van der Waals surface area contributed by atoms with E-state index in [9.17, 15) is 5.11 Å². The third-order valence-electron chi connectivity index (χ3n) is 2.69. The average molecular weight is 198 g/mol. The Balaban J connectivity index is 2.02. The molecule has 2 heteroatoms. The topological polar surface area (TPSA) is 32.8 Å². The molecule has 82 valence electrons. The molecule has 0 aliphatic carbocycles. The highest BCUT2D eigenvalue weighted by atomic mass is 16.6. The first-order valence-corrected chi connectivity index (χ1v) is 5.76. The highest BCUT2D eigenvalue weighted by molar-refractivity contribution is 5.00. The molecule has 0 aromatic heterocycles. The van der Waals surface area contributed by atoms with Crippen LogP contribution in [-0.2, 0) is 4.74 Å². The fraction of sp³-hybridized carbons (Fsp3) is 0.833. The zero-order chi connectivity index (χ0) is 10.4. The number of rotatable bonds is 7. The minimum Gasteiger partial charge on any atom is -0.386 e. The lowest BCUT2D eigenvalue weighted by molar-refractivity contribution is 0.177. The van der Waals surface area contributed by atoms with Crippen molar-refractivity contribution in [3.63, 3.8) is 0 Å². The van der Waals surface area contributed by atoms with Gasteiger partial charge in [0, 0.05) is 0 Å². The normalized spacial score (nSPS) is 28.2. The van der Waals surface area contributed by atoms with Crippen molar-refractivity contribution in [3.05, 3.63) is 12.2 Å². The van der Waals surface area contributed by atoms with E-state index in [-0.39, 0.29) is 6.10 Å². The number of epoxide rings is 1. The fourth-order valence-electron chi connectivity index (χ4n) is 1.77. The predicted octanol–water partition coefficient (Wildman–Crippen LogP) is 2.66. The van der Waals surface area contributed by atoms with Crippen molar-refractivity contribution in [1.29, 1.82) is 0 Å². The monoisotopic (exact) mass is 198 g/mol. The van der Waals surface area contributed by atoms with E-state index < -0.39 is 6.10 Å². The van der Waals surface area contributed by atoms with Crippen LogP contribution in [0, 0.1) is 0 Å². The number of hydrogen-bond acceptors (Lipinski definition) is 2. The van der Waals surface area contributed by atoms with E-state index in [1.807, 2.05) is 13.0 Å². The fourth-order valence-corrected chi connectivity index (χ4v) is 1.77. The van der Waals surface area contributed by atoms with Crippen molar-refractivity contribution in [2.45, 2.75) is 64.3 Å². The minimum absolute atomic E-state index is 0.0767. The lowest BCUT2D eigenvalue weighted by Crippen LogP contribution is -2.13. The maximum atomic E-state index is 9.55. The number of aliphatic hydroxyl groups excluding tert-OH is 1. The van der Waals surface area contributed by atoms with Gasteiger partial charge in [-0.15, -0.1) is 0 Å². The second-order valence-electron chi connectivity index (χ2n) is 4.00. The van der Waals surface area contributed by atoms with Crippen LogP contribution in [0.5, 0.6) is 0 Å². The Kier molecular flexibility index (Phi) is 5.20. The van der Waals surface area contributed by atoms with Crippen LogP contribution in [0.1, 0.15) is 46.0 Å². The van der Waals surface area contributed by atoms with Crippen LogP contribution in [0.3, 0.4) is 0 Å². The highest BCUT2D eigenvalue weighted by Crippen LogP contribution is 2.30. The van der Waals surface area contributed by atoms with Crippen LogP contribution in [0.2, 0.25) is 0 Å². The Morgan fingerprint density at radius 3 is 2.79 bits per heavy atom. The molecule has 1 aliphatic rings. The Morgan fingerprint density at radius 2 is 2.14 bits per heavy atom. The summed E-state index contributed by atoms with van der Waals surface area (Å²) in [5, 5.41) is 9.55. The number of allylic oxidation sites excluding steroid dienone is 1. The van der Waals surface area contributed by atoms with Crippen LogP contribution in [0.4, 0.5) is 0 Å². The van der Waals surface area contributed by atoms with Gasteiger partial charge >= 0.3 is 0 Å². The molecule has 0 aromatic rings. The molecule has 0 aromatic carbocycles. The van der Waals surface area contributed by atoms with Gasteiger partial charge in [0.2, 0.25) is 0 Å². The van der Waals surface area contributed by atoms with Gasteiger partial charge in [-0.2, -0.15) is 0 Å². The number of unbranched alkanes of at least 4 members (excludes halogenated alkanes) is 3. The zero-order valence-corrected chi connectivity index (χ0v) is 9.28. The minimum atomic E-state index is -0.392. The summed E-state index contributed by atoms with van der Waals surface area (Å²) in [6.45, 7) is 4.13. The third kappa shape index (κ3) is 3.81. The number of aliphatic hydroxyl groups is 1. The summed E-state index contributed by atoms with van der Waals surface area (Å²) >= 11 is 0. The summed E-state index contributed by atoms with van der Waals surface area (Å²) in [5.74, 6) is 0. The molecule has 3 atom stereocenters. The van der Waals surface area contributed by atoms with Crippen LogP contribution >= 0.6 is 0 Å². The summed E-state index contributed by atoms with van der Waals surface area (Å²) in [4.78, 5) is 0. The number of hydrogen-bond donors (Lipinski definition) is 1. The first kappa shape index (κ1) is 11.7. The molecular formula is C12H22O2. The molecule has 1 aliphatic heterocycles. The van der Waals surface area contributed by atoms with E-state index in [0.717, 1.165) is 6.42 Å². The second-order valence-corrected chi connectivity index (χ2v) is 4.00. The lowest BCUT2D eigenvalue weighted by Gasteiger charge is -1.99. The predicted molar refractivity (Wildman–Crippen MR) is 58.2 cm³/mol. The second kappa shape index (κ2) is 6.20. The van der Waals surface area contributed by atoms with Crippen LogP contribution in [-0.4, -0.2) is 23.4 Å². The van der Waals surface area contributed by atoms with Gasteiger partial charge in [0.25, 0.3) is 0 Å². The SMILES string of the molecule is C/C=C/[C@@H](O)[C@H]1O[C@H]1CCCCCC. The average Bonchev–Trinajstić information content (AvgIpc) is 2.92. The molecule has 1 N–H and O–H groups in total. The molecule has 1 rings (SSSR count). The maximum Gasteiger partial charge on any atom is 0.114 e. The van der Waals surface area contributed by atoms with Crippen molar-refractivity contribution in [2.75, 3.05) is 0 Å². The van der Waals surface area contributed by atoms with E-state index in [4.69, 9.17) is 4.74 Å². The van der Waals surface area contributed by atoms with E-state index >= 15 is 0 Å². The van der Waals surface area contributed by atoms with Crippen molar-refractivity contribution in [3.8, 4) is 0 Å². The van der Waals surface area contributed by atoms with Gasteiger partial charge in [0.05, 0.1) is 6.10 Å². The van der Waals surface area contributed by atoms with E-state index in [0.29, 0.717) is 6.10 Å². The summed E-state index contributed by atoms with van der Waals surface area (Å²) in [6, 6.07) is 0. The van der Waals surface area contributed by atoms with Gasteiger partial charge in [0.1, 0.15) is 12.2 Å². The van der Waals surface area contributed by atoms with Gasteiger partial charge in [-0.25, -0.2) is 0 Å². The summed E-state index contributed by atoms with van der Waals surface area (Å²) in [5.41, 5.74) is 0. The first-order valence-electron chi connectivity index (χ1n) is 5.76. The summed E-state index contributed by atoms with van der Waals surface area (Å²) in [6.07, 6.45) is 9.91. The molecule has 0 unspecified atom stereocenters. The van der Waals surface area contributed by atoms with Crippen molar-refractivity contribution >= 4 is 0 Å². The van der Waals surface area contributed by atoms with Crippen LogP contribution in [0.25, 0.3) is 0 Å². The van der Waals surface area contributed by atoms with Crippen LogP contribution in [0.15, 0.2) is 12.2 Å². The lowest BCUT2D eigenvalue weighted by atomic mass is 10.1. The molecule has 0 amide bonds. The number of ether oxygens (including phenoxy) is 1. The van der Waals surface area contributed by atoms with Crippen molar-refractivity contribution < 1.29 is 9.84 Å².